The van der Waals surface area contributed by atoms with E-state index in [1.807, 2.05) is 0 Å². The molecule has 7 nitrogen and oxygen atoms in total. The SMILES string of the molecule is Cc1cc(CN2CC=C(C(F)(F)F)C=C2C(F)(F)F)ccc1NC(=O)c1cccc(Cl)c1C(=O)NC(C)C(=O)O. The Labute approximate surface area is 229 Å². The summed E-state index contributed by atoms with van der Waals surface area (Å²) >= 11 is 6.11. The monoisotopic (exact) mass is 589 g/mol. The second kappa shape index (κ2) is 11.6. The summed E-state index contributed by atoms with van der Waals surface area (Å²) in [5.74, 6) is -2.97. The Morgan fingerprint density at radius 1 is 1.05 bits per heavy atom. The number of aliphatic carboxylic acids is 1. The molecule has 0 saturated carbocycles. The van der Waals surface area contributed by atoms with Gasteiger partial charge in [-0.15, -0.1) is 0 Å². The summed E-state index contributed by atoms with van der Waals surface area (Å²) in [6.07, 6.45) is -9.19. The Morgan fingerprint density at radius 2 is 1.73 bits per heavy atom. The van der Waals surface area contributed by atoms with Crippen LogP contribution in [0.1, 0.15) is 38.8 Å². The average molecular weight is 590 g/mol. The summed E-state index contributed by atoms with van der Waals surface area (Å²) in [7, 11) is 0. The highest BCUT2D eigenvalue weighted by atomic mass is 35.5. The molecule has 3 N–H and O–H groups in total. The number of allylic oxidation sites excluding steroid dienone is 3. The van der Waals surface area contributed by atoms with Crippen LogP contribution in [0.2, 0.25) is 5.02 Å². The van der Waals surface area contributed by atoms with Gasteiger partial charge in [-0.3, -0.25) is 14.4 Å². The van der Waals surface area contributed by atoms with Crippen LogP contribution in [-0.4, -0.2) is 52.7 Å². The molecule has 214 valence electrons. The van der Waals surface area contributed by atoms with E-state index in [1.54, 1.807) is 6.92 Å². The third kappa shape index (κ3) is 7.14. The first-order valence-electron chi connectivity index (χ1n) is 11.5. The molecule has 0 saturated heterocycles. The van der Waals surface area contributed by atoms with E-state index >= 15 is 0 Å². The number of nitrogens with zero attached hydrogens (tertiary/aromatic N) is 1. The van der Waals surface area contributed by atoms with Gasteiger partial charge in [0.15, 0.2) is 0 Å². The van der Waals surface area contributed by atoms with Crippen molar-refractivity contribution in [3.8, 4) is 0 Å². The molecule has 0 fully saturated rings. The minimum atomic E-state index is -5.02. The highest BCUT2D eigenvalue weighted by molar-refractivity contribution is 6.35. The van der Waals surface area contributed by atoms with E-state index in [0.29, 0.717) is 17.2 Å². The molecular weight excluding hydrogens is 568 g/mol. The van der Waals surface area contributed by atoms with Crippen LogP contribution in [0, 0.1) is 6.92 Å². The van der Waals surface area contributed by atoms with E-state index in [4.69, 9.17) is 16.7 Å². The zero-order chi connectivity index (χ0) is 30.0. The number of alkyl halides is 6. The number of carboxylic acid groups (broad SMARTS) is 1. The molecule has 1 aliphatic rings. The molecule has 0 bridgehead atoms. The van der Waals surface area contributed by atoms with Crippen molar-refractivity contribution in [1.29, 1.82) is 0 Å². The van der Waals surface area contributed by atoms with E-state index in [-0.39, 0.29) is 34.5 Å². The first-order chi connectivity index (χ1) is 18.5. The lowest BCUT2D eigenvalue weighted by molar-refractivity contribution is -0.138. The van der Waals surface area contributed by atoms with Gasteiger partial charge in [0.2, 0.25) is 0 Å². The second-order valence-corrected chi connectivity index (χ2v) is 9.27. The Hall–Kier alpha value is -4.00. The smallest absolute Gasteiger partial charge is 0.431 e. The van der Waals surface area contributed by atoms with Crippen molar-refractivity contribution in [1.82, 2.24) is 10.2 Å². The summed E-state index contributed by atoms with van der Waals surface area (Å²) in [6, 6.07) is 7.06. The van der Waals surface area contributed by atoms with Crippen molar-refractivity contribution < 1.29 is 45.8 Å². The highest BCUT2D eigenvalue weighted by Gasteiger charge is 2.43. The van der Waals surface area contributed by atoms with Crippen LogP contribution in [0.15, 0.2) is 59.8 Å². The van der Waals surface area contributed by atoms with Crippen molar-refractivity contribution in [3.05, 3.63) is 87.1 Å². The van der Waals surface area contributed by atoms with Crippen LogP contribution in [0.5, 0.6) is 0 Å². The molecule has 0 aliphatic carbocycles. The molecule has 40 heavy (non-hydrogen) atoms. The van der Waals surface area contributed by atoms with E-state index < -0.39 is 54.0 Å². The summed E-state index contributed by atoms with van der Waals surface area (Å²) in [5, 5.41) is 13.7. The third-order valence-electron chi connectivity index (χ3n) is 5.90. The van der Waals surface area contributed by atoms with E-state index in [9.17, 15) is 40.7 Å². The van der Waals surface area contributed by atoms with E-state index in [0.717, 1.165) is 4.90 Å². The molecule has 14 heteroatoms. The number of aryl methyl sites for hydroxylation is 1. The zero-order valence-electron chi connectivity index (χ0n) is 20.9. The van der Waals surface area contributed by atoms with Crippen LogP contribution in [-0.2, 0) is 11.3 Å². The standard InChI is InChI=1S/C26H22ClF6N3O4/c1-13-10-15(12-36-9-8-16(25(28,29)30)11-20(36)26(31,32)33)6-7-19(13)35-22(37)17-4-3-5-18(27)21(17)23(38)34-14(2)24(39)40/h3-8,10-11,14H,9,12H2,1-2H3,(H,34,38)(H,35,37)(H,39,40). The van der Waals surface area contributed by atoms with Crippen LogP contribution in [0.3, 0.4) is 0 Å². The minimum Gasteiger partial charge on any atom is -0.480 e. The van der Waals surface area contributed by atoms with Gasteiger partial charge in [0.25, 0.3) is 11.8 Å². The first-order valence-corrected chi connectivity index (χ1v) is 11.9. The van der Waals surface area contributed by atoms with Crippen molar-refractivity contribution >= 4 is 35.1 Å². The predicted octanol–water partition coefficient (Wildman–Crippen LogP) is 5.85. The number of nitrogens with one attached hydrogen (secondary N) is 2. The molecule has 1 heterocycles. The lowest BCUT2D eigenvalue weighted by atomic mass is 10.0. The number of carboxylic acids is 1. The lowest BCUT2D eigenvalue weighted by Gasteiger charge is -2.31. The van der Waals surface area contributed by atoms with Crippen LogP contribution < -0.4 is 10.6 Å². The quantitative estimate of drug-likeness (QED) is 0.352. The summed E-state index contributed by atoms with van der Waals surface area (Å²) in [6.45, 7) is 1.81. The molecule has 0 spiro atoms. The summed E-state index contributed by atoms with van der Waals surface area (Å²) in [4.78, 5) is 37.5. The molecule has 2 aromatic rings. The van der Waals surface area contributed by atoms with E-state index in [2.05, 4.69) is 10.6 Å². The van der Waals surface area contributed by atoms with Gasteiger partial charge in [-0.25, -0.2) is 0 Å². The Kier molecular flexibility index (Phi) is 8.87. The maximum atomic E-state index is 13.5. The fourth-order valence-corrected chi connectivity index (χ4v) is 4.12. The van der Waals surface area contributed by atoms with E-state index in [1.165, 1.54) is 43.3 Å². The number of benzene rings is 2. The van der Waals surface area contributed by atoms with Gasteiger partial charge >= 0.3 is 18.3 Å². The molecular formula is C26H22ClF6N3O4. The van der Waals surface area contributed by atoms with Gasteiger partial charge in [-0.1, -0.05) is 35.9 Å². The Balaban J connectivity index is 1.81. The number of amides is 2. The largest absolute Gasteiger partial charge is 0.480 e. The molecule has 2 aromatic carbocycles. The number of carbonyl (C=O) groups excluding carboxylic acids is 2. The Bertz CT molecular complexity index is 1400. The minimum absolute atomic E-state index is 0.0703. The maximum Gasteiger partial charge on any atom is 0.431 e. The number of halogens is 7. The van der Waals surface area contributed by atoms with Gasteiger partial charge in [0.1, 0.15) is 11.7 Å². The molecule has 3 rings (SSSR count). The lowest BCUT2D eigenvalue weighted by Crippen LogP contribution is -2.39. The van der Waals surface area contributed by atoms with Crippen LogP contribution in [0.25, 0.3) is 0 Å². The van der Waals surface area contributed by atoms with Crippen molar-refractivity contribution in [2.45, 2.75) is 38.8 Å². The number of anilines is 1. The highest BCUT2D eigenvalue weighted by Crippen LogP contribution is 2.37. The third-order valence-corrected chi connectivity index (χ3v) is 6.21. The van der Waals surface area contributed by atoms with Gasteiger partial charge in [0, 0.05) is 18.8 Å². The van der Waals surface area contributed by atoms with Gasteiger partial charge in [-0.05, 0) is 49.2 Å². The van der Waals surface area contributed by atoms with Crippen LogP contribution in [0.4, 0.5) is 32.0 Å². The van der Waals surface area contributed by atoms with Crippen LogP contribution >= 0.6 is 11.6 Å². The zero-order valence-corrected chi connectivity index (χ0v) is 21.6. The molecule has 0 radical (unpaired) electrons. The second-order valence-electron chi connectivity index (χ2n) is 8.86. The molecule has 1 atom stereocenters. The number of rotatable bonds is 7. The molecule has 2 amide bonds. The van der Waals surface area contributed by atoms with Crippen molar-refractivity contribution in [2.24, 2.45) is 0 Å². The average Bonchev–Trinajstić information content (AvgIpc) is 2.84. The summed E-state index contributed by atoms with van der Waals surface area (Å²) in [5.41, 5.74) is -2.24. The van der Waals surface area contributed by atoms with Crippen molar-refractivity contribution in [2.75, 3.05) is 11.9 Å². The first kappa shape index (κ1) is 30.5. The fraction of sp³-hybridized carbons (Fsp3) is 0.269. The summed E-state index contributed by atoms with van der Waals surface area (Å²) < 4.78 is 79.5. The van der Waals surface area contributed by atoms with Gasteiger partial charge in [-0.2, -0.15) is 26.3 Å². The fourth-order valence-electron chi connectivity index (χ4n) is 3.86. The van der Waals surface area contributed by atoms with Crippen molar-refractivity contribution in [3.63, 3.8) is 0 Å². The van der Waals surface area contributed by atoms with Gasteiger partial charge < -0.3 is 20.6 Å². The maximum absolute atomic E-state index is 13.5. The topological polar surface area (TPSA) is 98.7 Å². The predicted molar refractivity (Wildman–Crippen MR) is 134 cm³/mol. The Morgan fingerprint density at radius 3 is 2.30 bits per heavy atom. The number of hydrogen-bond donors (Lipinski definition) is 3. The molecule has 1 aliphatic heterocycles. The molecule has 0 aromatic heterocycles. The number of hydrogen-bond acceptors (Lipinski definition) is 4. The molecule has 1 unspecified atom stereocenters. The number of carbonyl (C=O) groups is 3. The van der Waals surface area contributed by atoms with Gasteiger partial charge in [0.05, 0.1) is 21.7 Å². The normalized spacial score (nSPS) is 14.7.